The van der Waals surface area contributed by atoms with Crippen molar-refractivity contribution in [1.82, 2.24) is 0 Å². The second kappa shape index (κ2) is 13.7. The summed E-state index contributed by atoms with van der Waals surface area (Å²) in [5, 5.41) is 0. The van der Waals surface area contributed by atoms with E-state index in [2.05, 4.69) is 234 Å². The van der Waals surface area contributed by atoms with Crippen LogP contribution in [0.2, 0.25) is 0 Å². The minimum absolute atomic E-state index is 0.00601. The van der Waals surface area contributed by atoms with E-state index in [0.717, 1.165) is 11.4 Å². The Kier molecular flexibility index (Phi) is 7.96. The van der Waals surface area contributed by atoms with Gasteiger partial charge in [-0.3, -0.25) is 0 Å². The Morgan fingerprint density at radius 2 is 0.754 bits per heavy atom. The Bertz CT molecular complexity index is 2890. The maximum absolute atomic E-state index is 2.52. The molecule has 9 aromatic rings. The first-order chi connectivity index (χ1) is 28.3. The van der Waals surface area contributed by atoms with Crippen LogP contribution in [0.4, 0.5) is 34.1 Å². The number of anilines is 6. The minimum atomic E-state index is -0.00601. The van der Waals surface area contributed by atoms with E-state index < -0.39 is 0 Å². The Hall–Kier alpha value is -7.36. The quantitative estimate of drug-likeness (QED) is 0.158. The predicted molar refractivity (Wildman–Crippen MR) is 242 cm³/mol. The van der Waals surface area contributed by atoms with Crippen LogP contribution in [0.3, 0.4) is 0 Å². The van der Waals surface area contributed by atoms with Gasteiger partial charge in [0.2, 0.25) is 0 Å². The number of nitrogens with zero attached hydrogens (tertiary/aromatic N) is 2. The van der Waals surface area contributed by atoms with Gasteiger partial charge in [0.25, 0.3) is 6.71 Å². The summed E-state index contributed by atoms with van der Waals surface area (Å²) in [5.74, 6) is 0. The molecule has 0 spiro atoms. The molecule has 266 valence electrons. The van der Waals surface area contributed by atoms with Crippen molar-refractivity contribution in [2.45, 2.75) is 0 Å². The topological polar surface area (TPSA) is 6.48 Å². The molecule has 0 aliphatic carbocycles. The lowest BCUT2D eigenvalue weighted by molar-refractivity contribution is 1.25. The number of hydrogen-bond acceptors (Lipinski definition) is 2. The Balaban J connectivity index is 1.21. The molecular formula is C54H37BN2. The third-order valence-electron chi connectivity index (χ3n) is 11.7. The second-order valence-electron chi connectivity index (χ2n) is 14.9. The fourth-order valence-electron chi connectivity index (χ4n) is 9.14. The van der Waals surface area contributed by atoms with Gasteiger partial charge in [0.05, 0.1) is 5.69 Å². The molecule has 0 aromatic heterocycles. The van der Waals surface area contributed by atoms with Crippen LogP contribution >= 0.6 is 0 Å². The lowest BCUT2D eigenvalue weighted by Crippen LogP contribution is -2.61. The normalized spacial score (nSPS) is 12.5. The second-order valence-corrected chi connectivity index (χ2v) is 14.9. The predicted octanol–water partition coefficient (Wildman–Crippen LogP) is 12.4. The maximum Gasteiger partial charge on any atom is 0.252 e. The molecule has 3 heteroatoms. The summed E-state index contributed by atoms with van der Waals surface area (Å²) in [5.41, 5.74) is 20.7. The third-order valence-corrected chi connectivity index (χ3v) is 11.7. The van der Waals surface area contributed by atoms with Crippen molar-refractivity contribution in [3.63, 3.8) is 0 Å². The summed E-state index contributed by atoms with van der Waals surface area (Å²) in [4.78, 5) is 5.04. The summed E-state index contributed by atoms with van der Waals surface area (Å²) in [6.07, 6.45) is 0. The standard InChI is InChI=1S/C54H37BN2/c1-5-17-38(18-6-1)40-31-34-44(35-32-40)56-51-29-16-30-52-53(51)55(47-27-15-26-46(54(47)56)42-23-11-4-12-24-42)48-37-43(39-19-7-2-8-20-39)33-36-50(48)57(52)49-28-14-13-25-45(49)41-21-9-3-10-22-41/h1-37H. The highest BCUT2D eigenvalue weighted by molar-refractivity contribution is 7.00. The van der Waals surface area contributed by atoms with Crippen LogP contribution in [0.15, 0.2) is 224 Å². The van der Waals surface area contributed by atoms with Gasteiger partial charge < -0.3 is 9.80 Å². The summed E-state index contributed by atoms with van der Waals surface area (Å²) < 4.78 is 0. The Labute approximate surface area is 334 Å². The molecule has 0 saturated heterocycles. The molecule has 57 heavy (non-hydrogen) atoms. The molecule has 0 atom stereocenters. The first kappa shape index (κ1) is 33.0. The molecule has 0 unspecified atom stereocenters. The Morgan fingerprint density at radius 3 is 1.42 bits per heavy atom. The lowest BCUT2D eigenvalue weighted by atomic mass is 9.33. The van der Waals surface area contributed by atoms with Crippen LogP contribution in [0.5, 0.6) is 0 Å². The van der Waals surface area contributed by atoms with Crippen LogP contribution in [0, 0.1) is 0 Å². The van der Waals surface area contributed by atoms with Crippen LogP contribution in [0.25, 0.3) is 44.5 Å². The van der Waals surface area contributed by atoms with Crippen LogP contribution in [-0.2, 0) is 0 Å². The zero-order valence-electron chi connectivity index (χ0n) is 31.3. The van der Waals surface area contributed by atoms with E-state index in [9.17, 15) is 0 Å². The van der Waals surface area contributed by atoms with Crippen LogP contribution in [-0.4, -0.2) is 6.71 Å². The van der Waals surface area contributed by atoms with Crippen molar-refractivity contribution in [3.05, 3.63) is 224 Å². The van der Waals surface area contributed by atoms with E-state index in [1.165, 1.54) is 83.6 Å². The van der Waals surface area contributed by atoms with E-state index in [4.69, 9.17) is 0 Å². The van der Waals surface area contributed by atoms with Crippen molar-refractivity contribution >= 4 is 57.2 Å². The lowest BCUT2D eigenvalue weighted by Gasteiger charge is -2.45. The third kappa shape index (κ3) is 5.51. The molecule has 11 rings (SSSR count). The highest BCUT2D eigenvalue weighted by atomic mass is 15.2. The van der Waals surface area contributed by atoms with Crippen molar-refractivity contribution in [3.8, 4) is 44.5 Å². The average molecular weight is 725 g/mol. The monoisotopic (exact) mass is 724 g/mol. The van der Waals surface area contributed by atoms with E-state index in [1.54, 1.807) is 0 Å². The van der Waals surface area contributed by atoms with Crippen molar-refractivity contribution < 1.29 is 0 Å². The highest BCUT2D eigenvalue weighted by Gasteiger charge is 2.44. The van der Waals surface area contributed by atoms with Crippen molar-refractivity contribution in [2.75, 3.05) is 9.80 Å². The van der Waals surface area contributed by atoms with Gasteiger partial charge in [0.1, 0.15) is 0 Å². The van der Waals surface area contributed by atoms with Gasteiger partial charge in [0, 0.05) is 39.6 Å². The molecule has 0 bridgehead atoms. The van der Waals surface area contributed by atoms with Gasteiger partial charge in [-0.25, -0.2) is 0 Å². The molecule has 0 fully saturated rings. The van der Waals surface area contributed by atoms with E-state index >= 15 is 0 Å². The number of hydrogen-bond donors (Lipinski definition) is 0. The molecule has 2 nitrogen and oxygen atoms in total. The van der Waals surface area contributed by atoms with Crippen LogP contribution < -0.4 is 26.2 Å². The Morgan fingerprint density at radius 1 is 0.281 bits per heavy atom. The summed E-state index contributed by atoms with van der Waals surface area (Å²) in [7, 11) is 0. The van der Waals surface area contributed by atoms with E-state index in [-0.39, 0.29) is 6.71 Å². The fourth-order valence-corrected chi connectivity index (χ4v) is 9.14. The van der Waals surface area contributed by atoms with Crippen LogP contribution in [0.1, 0.15) is 0 Å². The smallest absolute Gasteiger partial charge is 0.252 e. The average Bonchev–Trinajstić information content (AvgIpc) is 3.30. The molecule has 0 saturated carbocycles. The molecule has 0 N–H and O–H groups in total. The molecule has 2 heterocycles. The minimum Gasteiger partial charge on any atom is -0.311 e. The molecule has 9 aromatic carbocycles. The van der Waals surface area contributed by atoms with E-state index in [1.807, 2.05) is 0 Å². The summed E-state index contributed by atoms with van der Waals surface area (Å²) in [6.45, 7) is -0.00601. The van der Waals surface area contributed by atoms with Gasteiger partial charge in [-0.1, -0.05) is 188 Å². The number of para-hydroxylation sites is 2. The maximum atomic E-state index is 2.52. The zero-order valence-corrected chi connectivity index (χ0v) is 31.3. The largest absolute Gasteiger partial charge is 0.311 e. The number of fused-ring (bicyclic) bond motifs is 4. The SMILES string of the molecule is c1ccc(-c2ccc(N3c4cccc5c4B(c4cc(-c6ccccc6)ccc4N5c4ccccc4-c4ccccc4)c4cccc(-c5ccccc5)c43)cc2)cc1. The zero-order chi connectivity index (χ0) is 37.7. The molecule has 0 radical (unpaired) electrons. The number of benzene rings is 9. The first-order valence-electron chi connectivity index (χ1n) is 19.7. The molecule has 0 amide bonds. The summed E-state index contributed by atoms with van der Waals surface area (Å²) >= 11 is 0. The van der Waals surface area contributed by atoms with E-state index in [0.29, 0.717) is 0 Å². The van der Waals surface area contributed by atoms with Crippen molar-refractivity contribution in [2.24, 2.45) is 0 Å². The summed E-state index contributed by atoms with van der Waals surface area (Å²) in [6, 6.07) is 82.0. The highest BCUT2D eigenvalue weighted by Crippen LogP contribution is 2.48. The van der Waals surface area contributed by atoms with Gasteiger partial charge in [-0.15, -0.1) is 0 Å². The van der Waals surface area contributed by atoms with Gasteiger partial charge in [-0.05, 0) is 86.2 Å². The van der Waals surface area contributed by atoms with Gasteiger partial charge >= 0.3 is 0 Å². The molecule has 2 aliphatic heterocycles. The number of rotatable bonds is 6. The molecular weight excluding hydrogens is 687 g/mol. The van der Waals surface area contributed by atoms with Gasteiger partial charge in [0.15, 0.2) is 0 Å². The molecule has 2 aliphatic rings. The van der Waals surface area contributed by atoms with Crippen molar-refractivity contribution in [1.29, 1.82) is 0 Å². The van der Waals surface area contributed by atoms with Gasteiger partial charge in [-0.2, -0.15) is 0 Å². The first-order valence-corrected chi connectivity index (χ1v) is 19.7. The fraction of sp³-hybridized carbons (Fsp3) is 0.